The highest BCUT2D eigenvalue weighted by Gasteiger charge is 2.10. The molecule has 0 heterocycles. The van der Waals surface area contributed by atoms with Crippen molar-refractivity contribution in [3.63, 3.8) is 0 Å². The van der Waals surface area contributed by atoms with Crippen LogP contribution in [0, 0.1) is 27.7 Å². The second-order valence-corrected chi connectivity index (χ2v) is 5.79. The van der Waals surface area contributed by atoms with E-state index in [2.05, 4.69) is 6.07 Å². The van der Waals surface area contributed by atoms with Crippen molar-refractivity contribution in [2.24, 2.45) is 0 Å². The fraction of sp³-hybridized carbons (Fsp3) is 0.278. The van der Waals surface area contributed by atoms with Crippen LogP contribution in [0.1, 0.15) is 22.3 Å². The number of esters is 1. The molecular formula is C18H19ClO3. The largest absolute Gasteiger partial charge is 0.482 e. The summed E-state index contributed by atoms with van der Waals surface area (Å²) < 4.78 is 10.8. The maximum Gasteiger partial charge on any atom is 0.349 e. The third-order valence-corrected chi connectivity index (χ3v) is 3.89. The Balaban J connectivity index is 2.00. The molecule has 0 amide bonds. The van der Waals surface area contributed by atoms with Gasteiger partial charge in [0.2, 0.25) is 0 Å². The van der Waals surface area contributed by atoms with Crippen LogP contribution in [0.3, 0.4) is 0 Å². The van der Waals surface area contributed by atoms with Gasteiger partial charge in [0.15, 0.2) is 6.61 Å². The molecule has 0 atom stereocenters. The minimum absolute atomic E-state index is 0.134. The summed E-state index contributed by atoms with van der Waals surface area (Å²) in [6.07, 6.45) is 0. The van der Waals surface area contributed by atoms with Crippen LogP contribution in [0.5, 0.6) is 11.5 Å². The Morgan fingerprint density at radius 2 is 1.77 bits per heavy atom. The Morgan fingerprint density at radius 1 is 1.05 bits per heavy atom. The van der Waals surface area contributed by atoms with Gasteiger partial charge in [0.25, 0.3) is 0 Å². The van der Waals surface area contributed by atoms with Crippen LogP contribution in [0.25, 0.3) is 0 Å². The summed E-state index contributed by atoms with van der Waals surface area (Å²) in [5, 5.41) is 0.641. The van der Waals surface area contributed by atoms with E-state index in [0.717, 1.165) is 22.3 Å². The molecule has 3 nitrogen and oxygen atoms in total. The lowest BCUT2D eigenvalue weighted by atomic mass is 10.1. The highest BCUT2D eigenvalue weighted by Crippen LogP contribution is 2.24. The summed E-state index contributed by atoms with van der Waals surface area (Å²) in [6.45, 7) is 7.70. The van der Waals surface area contributed by atoms with Gasteiger partial charge in [-0.2, -0.15) is 0 Å². The number of rotatable bonds is 4. The summed E-state index contributed by atoms with van der Waals surface area (Å²) >= 11 is 5.94. The van der Waals surface area contributed by atoms with Crippen molar-refractivity contribution in [2.75, 3.05) is 6.61 Å². The topological polar surface area (TPSA) is 35.5 Å². The lowest BCUT2D eigenvalue weighted by Crippen LogP contribution is -2.18. The standard InChI is InChI=1S/C18H19ClO3/c1-11-7-12(2)14(4)17(8-11)21-10-18(20)22-15-5-6-16(19)13(3)9-15/h5-9H,10H2,1-4H3. The van der Waals surface area contributed by atoms with Gasteiger partial charge < -0.3 is 9.47 Å². The van der Waals surface area contributed by atoms with Gasteiger partial charge in [0.05, 0.1) is 0 Å². The molecule has 2 rings (SSSR count). The molecule has 0 aromatic heterocycles. The number of halogens is 1. The second kappa shape index (κ2) is 6.84. The van der Waals surface area contributed by atoms with E-state index < -0.39 is 5.97 Å². The molecule has 0 aliphatic heterocycles. The van der Waals surface area contributed by atoms with Crippen molar-refractivity contribution in [2.45, 2.75) is 27.7 Å². The van der Waals surface area contributed by atoms with Gasteiger partial charge >= 0.3 is 5.97 Å². The Labute approximate surface area is 135 Å². The van der Waals surface area contributed by atoms with Crippen LogP contribution >= 0.6 is 11.6 Å². The first-order valence-corrected chi connectivity index (χ1v) is 7.42. The van der Waals surface area contributed by atoms with Crippen molar-refractivity contribution in [3.8, 4) is 11.5 Å². The number of hydrogen-bond donors (Lipinski definition) is 0. The first-order valence-electron chi connectivity index (χ1n) is 7.04. The summed E-state index contributed by atoms with van der Waals surface area (Å²) in [5.74, 6) is 0.731. The normalized spacial score (nSPS) is 10.4. The molecule has 0 unspecified atom stereocenters. The average Bonchev–Trinajstić information content (AvgIpc) is 2.45. The quantitative estimate of drug-likeness (QED) is 0.612. The molecule has 0 aliphatic rings. The van der Waals surface area contributed by atoms with Crippen molar-refractivity contribution in [1.82, 2.24) is 0 Å². The van der Waals surface area contributed by atoms with E-state index in [9.17, 15) is 4.79 Å². The van der Waals surface area contributed by atoms with Gasteiger partial charge in [-0.3, -0.25) is 0 Å². The fourth-order valence-corrected chi connectivity index (χ4v) is 2.25. The van der Waals surface area contributed by atoms with Crippen LogP contribution in [0.4, 0.5) is 0 Å². The van der Waals surface area contributed by atoms with E-state index in [0.29, 0.717) is 16.5 Å². The zero-order chi connectivity index (χ0) is 16.3. The van der Waals surface area contributed by atoms with E-state index in [1.54, 1.807) is 18.2 Å². The number of hydrogen-bond acceptors (Lipinski definition) is 3. The summed E-state index contributed by atoms with van der Waals surface area (Å²) in [6, 6.07) is 9.09. The highest BCUT2D eigenvalue weighted by molar-refractivity contribution is 6.31. The van der Waals surface area contributed by atoms with E-state index in [1.165, 1.54) is 0 Å². The van der Waals surface area contributed by atoms with E-state index in [-0.39, 0.29) is 6.61 Å². The second-order valence-electron chi connectivity index (χ2n) is 5.38. The molecule has 0 bridgehead atoms. The summed E-state index contributed by atoms with van der Waals surface area (Å²) in [5.41, 5.74) is 4.12. The molecule has 116 valence electrons. The van der Waals surface area contributed by atoms with Gasteiger partial charge in [-0.25, -0.2) is 4.79 Å². The fourth-order valence-electron chi connectivity index (χ4n) is 2.13. The molecule has 0 radical (unpaired) electrons. The molecular weight excluding hydrogens is 300 g/mol. The molecule has 4 heteroatoms. The average molecular weight is 319 g/mol. The van der Waals surface area contributed by atoms with Crippen molar-refractivity contribution < 1.29 is 14.3 Å². The third kappa shape index (κ3) is 4.01. The smallest absolute Gasteiger partial charge is 0.349 e. The van der Waals surface area contributed by atoms with Gasteiger partial charge in [-0.05, 0) is 74.2 Å². The number of carbonyl (C=O) groups excluding carboxylic acids is 1. The molecule has 0 aliphatic carbocycles. The van der Waals surface area contributed by atoms with Crippen molar-refractivity contribution in [1.29, 1.82) is 0 Å². The van der Waals surface area contributed by atoms with Gasteiger partial charge in [-0.15, -0.1) is 0 Å². The van der Waals surface area contributed by atoms with Gasteiger partial charge in [0, 0.05) is 5.02 Å². The third-order valence-electron chi connectivity index (χ3n) is 3.47. The maximum atomic E-state index is 11.9. The molecule has 0 fully saturated rings. The van der Waals surface area contributed by atoms with Crippen LogP contribution in [-0.2, 0) is 4.79 Å². The Kier molecular flexibility index (Phi) is 5.09. The van der Waals surface area contributed by atoms with Gasteiger partial charge in [-0.1, -0.05) is 17.7 Å². The SMILES string of the molecule is Cc1cc(C)c(C)c(OCC(=O)Oc2ccc(Cl)c(C)c2)c1. The molecule has 0 N–H and O–H groups in total. The Hall–Kier alpha value is -2.00. The minimum Gasteiger partial charge on any atom is -0.482 e. The van der Waals surface area contributed by atoms with Crippen LogP contribution in [0.2, 0.25) is 5.02 Å². The number of aryl methyl sites for hydroxylation is 3. The van der Waals surface area contributed by atoms with E-state index in [4.69, 9.17) is 21.1 Å². The zero-order valence-electron chi connectivity index (χ0n) is 13.2. The first kappa shape index (κ1) is 16.4. The van der Waals surface area contributed by atoms with E-state index in [1.807, 2.05) is 33.8 Å². The Morgan fingerprint density at radius 3 is 2.45 bits per heavy atom. The van der Waals surface area contributed by atoms with Crippen molar-refractivity contribution >= 4 is 17.6 Å². The highest BCUT2D eigenvalue weighted by atomic mass is 35.5. The van der Waals surface area contributed by atoms with Crippen LogP contribution in [0.15, 0.2) is 30.3 Å². The number of carbonyl (C=O) groups is 1. The molecule has 2 aromatic rings. The van der Waals surface area contributed by atoms with Crippen LogP contribution < -0.4 is 9.47 Å². The van der Waals surface area contributed by atoms with Crippen LogP contribution in [-0.4, -0.2) is 12.6 Å². The van der Waals surface area contributed by atoms with Gasteiger partial charge in [0.1, 0.15) is 11.5 Å². The first-order chi connectivity index (χ1) is 10.4. The lowest BCUT2D eigenvalue weighted by molar-refractivity contribution is -0.136. The molecule has 22 heavy (non-hydrogen) atoms. The monoisotopic (exact) mass is 318 g/mol. The maximum absolute atomic E-state index is 11.9. The lowest BCUT2D eigenvalue weighted by Gasteiger charge is -2.12. The Bertz CT molecular complexity index is 708. The molecule has 0 spiro atoms. The summed E-state index contributed by atoms with van der Waals surface area (Å²) in [7, 11) is 0. The predicted octanol–water partition coefficient (Wildman–Crippen LogP) is 4.56. The summed E-state index contributed by atoms with van der Waals surface area (Å²) in [4.78, 5) is 11.9. The predicted molar refractivity (Wildman–Crippen MR) is 88.0 cm³/mol. The van der Waals surface area contributed by atoms with Crippen molar-refractivity contribution in [3.05, 3.63) is 57.6 Å². The minimum atomic E-state index is -0.444. The van der Waals surface area contributed by atoms with E-state index >= 15 is 0 Å². The number of benzene rings is 2. The zero-order valence-corrected chi connectivity index (χ0v) is 14.0. The molecule has 0 saturated heterocycles. The molecule has 0 saturated carbocycles. The molecule has 2 aromatic carbocycles. The number of ether oxygens (including phenoxy) is 2.